The van der Waals surface area contributed by atoms with Crippen molar-refractivity contribution in [3.63, 3.8) is 0 Å². The lowest BCUT2D eigenvalue weighted by molar-refractivity contribution is 0.102. The second-order valence-corrected chi connectivity index (χ2v) is 6.97. The van der Waals surface area contributed by atoms with Gasteiger partial charge in [0.1, 0.15) is 11.0 Å². The van der Waals surface area contributed by atoms with Crippen molar-refractivity contribution in [3.8, 4) is 5.69 Å². The molecule has 1 amide bonds. The van der Waals surface area contributed by atoms with Gasteiger partial charge in [-0.3, -0.25) is 9.78 Å². The van der Waals surface area contributed by atoms with Gasteiger partial charge in [0.15, 0.2) is 0 Å². The van der Waals surface area contributed by atoms with Gasteiger partial charge in [0.25, 0.3) is 5.91 Å². The third-order valence-electron chi connectivity index (χ3n) is 4.18. The fourth-order valence-electron chi connectivity index (χ4n) is 2.71. The molecule has 0 radical (unpaired) electrons. The summed E-state index contributed by atoms with van der Waals surface area (Å²) in [4.78, 5) is 18.0. The van der Waals surface area contributed by atoms with E-state index >= 15 is 0 Å². The van der Waals surface area contributed by atoms with E-state index < -0.39 is 0 Å². The first-order valence-corrected chi connectivity index (χ1v) is 9.30. The van der Waals surface area contributed by atoms with Crippen LogP contribution in [0.1, 0.15) is 22.8 Å². The van der Waals surface area contributed by atoms with Gasteiger partial charge in [-0.2, -0.15) is 4.80 Å². The number of aryl methyl sites for hydroxylation is 1. The Morgan fingerprint density at radius 2 is 1.81 bits per heavy atom. The molecule has 0 atom stereocenters. The highest BCUT2D eigenvalue weighted by molar-refractivity contribution is 9.10. The van der Waals surface area contributed by atoms with Crippen molar-refractivity contribution < 1.29 is 4.79 Å². The van der Waals surface area contributed by atoms with Crippen LogP contribution in [-0.4, -0.2) is 25.9 Å². The number of nitrogens with zero attached hydrogens (tertiary/aromatic N) is 4. The van der Waals surface area contributed by atoms with Crippen LogP contribution in [0.25, 0.3) is 16.7 Å². The summed E-state index contributed by atoms with van der Waals surface area (Å²) in [5.41, 5.74) is 4.76. The van der Waals surface area contributed by atoms with Gasteiger partial charge in [0.2, 0.25) is 0 Å². The average Bonchev–Trinajstić information content (AvgIpc) is 3.11. The van der Waals surface area contributed by atoms with Crippen LogP contribution in [0.5, 0.6) is 0 Å². The van der Waals surface area contributed by atoms with E-state index in [1.165, 1.54) is 11.8 Å². The number of rotatable bonds is 4. The van der Waals surface area contributed by atoms with Crippen LogP contribution >= 0.6 is 15.9 Å². The molecule has 27 heavy (non-hydrogen) atoms. The standard InChI is InChI=1S/C20H16BrN5O/c1-2-13-3-6-17(7-4-13)26-24-18-8-5-16(10-19(18)25-26)23-20(27)14-9-15(21)12-22-11-14/h3-12H,2H2,1H3,(H,23,27). The predicted molar refractivity (Wildman–Crippen MR) is 108 cm³/mol. The maximum atomic E-state index is 12.4. The van der Waals surface area contributed by atoms with Gasteiger partial charge in [0.05, 0.1) is 11.3 Å². The topological polar surface area (TPSA) is 72.7 Å². The number of aromatic nitrogens is 4. The SMILES string of the molecule is CCc1ccc(-n2nc3ccc(NC(=O)c4cncc(Br)c4)cc3n2)cc1. The molecule has 134 valence electrons. The van der Waals surface area contributed by atoms with E-state index in [4.69, 9.17) is 0 Å². The number of benzene rings is 2. The zero-order valence-corrected chi connectivity index (χ0v) is 16.1. The Kier molecular flexibility index (Phi) is 4.68. The Morgan fingerprint density at radius 1 is 1.04 bits per heavy atom. The summed E-state index contributed by atoms with van der Waals surface area (Å²) in [6.07, 6.45) is 4.15. The molecule has 0 spiro atoms. The Bertz CT molecular complexity index is 1120. The molecule has 2 aromatic carbocycles. The number of hydrogen-bond donors (Lipinski definition) is 1. The number of nitrogens with one attached hydrogen (secondary N) is 1. The molecule has 4 aromatic rings. The Balaban J connectivity index is 1.59. The lowest BCUT2D eigenvalue weighted by atomic mass is 10.2. The number of halogens is 1. The molecule has 0 unspecified atom stereocenters. The summed E-state index contributed by atoms with van der Waals surface area (Å²) in [6.45, 7) is 2.12. The molecule has 0 fully saturated rings. The minimum Gasteiger partial charge on any atom is -0.322 e. The first-order valence-electron chi connectivity index (χ1n) is 8.51. The number of pyridine rings is 1. The molecular weight excluding hydrogens is 406 g/mol. The molecule has 2 aromatic heterocycles. The first kappa shape index (κ1) is 17.4. The van der Waals surface area contributed by atoms with Crippen LogP contribution in [0.15, 0.2) is 65.4 Å². The quantitative estimate of drug-likeness (QED) is 0.530. The van der Waals surface area contributed by atoms with E-state index in [1.807, 2.05) is 30.3 Å². The molecule has 0 saturated heterocycles. The summed E-state index contributed by atoms with van der Waals surface area (Å²) in [5.74, 6) is -0.231. The summed E-state index contributed by atoms with van der Waals surface area (Å²) in [7, 11) is 0. The maximum Gasteiger partial charge on any atom is 0.257 e. The number of amides is 1. The van der Waals surface area contributed by atoms with Gasteiger partial charge in [-0.05, 0) is 64.3 Å². The third kappa shape index (κ3) is 3.73. The van der Waals surface area contributed by atoms with Crippen LogP contribution in [0.2, 0.25) is 0 Å². The van der Waals surface area contributed by atoms with Crippen molar-refractivity contribution in [3.05, 3.63) is 76.5 Å². The molecule has 2 heterocycles. The molecule has 1 N–H and O–H groups in total. The monoisotopic (exact) mass is 421 g/mol. The minimum absolute atomic E-state index is 0.231. The van der Waals surface area contributed by atoms with Gasteiger partial charge in [0, 0.05) is 22.6 Å². The molecule has 0 saturated carbocycles. The van der Waals surface area contributed by atoms with Crippen LogP contribution in [0.4, 0.5) is 5.69 Å². The Hall–Kier alpha value is -3.06. The number of hydrogen-bond acceptors (Lipinski definition) is 4. The summed E-state index contributed by atoms with van der Waals surface area (Å²) in [6, 6.07) is 15.3. The fourth-order valence-corrected chi connectivity index (χ4v) is 3.08. The highest BCUT2D eigenvalue weighted by atomic mass is 79.9. The summed E-state index contributed by atoms with van der Waals surface area (Å²) >= 11 is 3.32. The average molecular weight is 422 g/mol. The zero-order valence-electron chi connectivity index (χ0n) is 14.6. The van der Waals surface area contributed by atoms with E-state index in [1.54, 1.807) is 17.1 Å². The zero-order chi connectivity index (χ0) is 18.8. The molecule has 0 bridgehead atoms. The minimum atomic E-state index is -0.231. The highest BCUT2D eigenvalue weighted by Crippen LogP contribution is 2.19. The number of anilines is 1. The third-order valence-corrected chi connectivity index (χ3v) is 4.61. The Morgan fingerprint density at radius 3 is 2.56 bits per heavy atom. The van der Waals surface area contributed by atoms with E-state index in [9.17, 15) is 4.79 Å². The highest BCUT2D eigenvalue weighted by Gasteiger charge is 2.10. The van der Waals surface area contributed by atoms with Gasteiger partial charge in [-0.15, -0.1) is 10.2 Å². The number of carbonyl (C=O) groups is 1. The van der Waals surface area contributed by atoms with Crippen molar-refractivity contribution in [1.82, 2.24) is 20.0 Å². The van der Waals surface area contributed by atoms with Crippen molar-refractivity contribution in [1.29, 1.82) is 0 Å². The lowest BCUT2D eigenvalue weighted by Crippen LogP contribution is -2.12. The van der Waals surface area contributed by atoms with E-state index in [0.29, 0.717) is 16.8 Å². The molecule has 7 heteroatoms. The van der Waals surface area contributed by atoms with Gasteiger partial charge in [-0.1, -0.05) is 19.1 Å². The predicted octanol–water partition coefficient (Wildman–Crippen LogP) is 4.39. The van der Waals surface area contributed by atoms with Crippen molar-refractivity contribution >= 4 is 38.6 Å². The molecule has 0 aliphatic rings. The number of carbonyl (C=O) groups excluding carboxylic acids is 1. The van der Waals surface area contributed by atoms with Gasteiger partial charge >= 0.3 is 0 Å². The fraction of sp³-hybridized carbons (Fsp3) is 0.100. The van der Waals surface area contributed by atoms with Crippen LogP contribution in [0.3, 0.4) is 0 Å². The second kappa shape index (κ2) is 7.28. The molecule has 6 nitrogen and oxygen atoms in total. The van der Waals surface area contributed by atoms with Crippen LogP contribution in [-0.2, 0) is 6.42 Å². The van der Waals surface area contributed by atoms with Crippen molar-refractivity contribution in [2.75, 3.05) is 5.32 Å². The molecule has 0 aliphatic carbocycles. The number of fused-ring (bicyclic) bond motifs is 1. The molecule has 0 aliphatic heterocycles. The lowest BCUT2D eigenvalue weighted by Gasteiger charge is -2.04. The smallest absolute Gasteiger partial charge is 0.257 e. The van der Waals surface area contributed by atoms with Crippen molar-refractivity contribution in [2.45, 2.75) is 13.3 Å². The van der Waals surface area contributed by atoms with E-state index in [2.05, 4.69) is 55.5 Å². The van der Waals surface area contributed by atoms with E-state index in [0.717, 1.165) is 22.1 Å². The second-order valence-electron chi connectivity index (χ2n) is 6.06. The summed E-state index contributed by atoms with van der Waals surface area (Å²) < 4.78 is 0.752. The maximum absolute atomic E-state index is 12.4. The van der Waals surface area contributed by atoms with Crippen molar-refractivity contribution in [2.24, 2.45) is 0 Å². The van der Waals surface area contributed by atoms with E-state index in [-0.39, 0.29) is 5.91 Å². The Labute approximate surface area is 164 Å². The van der Waals surface area contributed by atoms with Gasteiger partial charge in [-0.25, -0.2) is 0 Å². The summed E-state index contributed by atoms with van der Waals surface area (Å²) in [5, 5.41) is 11.9. The molecular formula is C20H16BrN5O. The largest absolute Gasteiger partial charge is 0.322 e. The van der Waals surface area contributed by atoms with Crippen LogP contribution in [0, 0.1) is 0 Å². The van der Waals surface area contributed by atoms with Gasteiger partial charge < -0.3 is 5.32 Å². The molecule has 4 rings (SSSR count). The normalized spacial score (nSPS) is 10.9. The van der Waals surface area contributed by atoms with Crippen LogP contribution < -0.4 is 5.32 Å². The first-order chi connectivity index (χ1) is 13.1.